The van der Waals surface area contributed by atoms with Crippen molar-refractivity contribution in [2.75, 3.05) is 14.1 Å². The van der Waals surface area contributed by atoms with E-state index in [-0.39, 0.29) is 0 Å². The minimum absolute atomic E-state index is 0.591. The third-order valence-corrected chi connectivity index (χ3v) is 3.28. The maximum absolute atomic E-state index is 9.07. The highest BCUT2D eigenvalue weighted by Gasteiger charge is 2.08. The van der Waals surface area contributed by atoms with Crippen LogP contribution in [-0.2, 0) is 0 Å². The van der Waals surface area contributed by atoms with Crippen LogP contribution in [0.3, 0.4) is 0 Å². The number of aliphatic imine (C=N–C) groups is 1. The average Bonchev–Trinajstić information content (AvgIpc) is 2.89. The fraction of sp³-hybridized carbons (Fsp3) is 0.143. The molecule has 3 nitrogen and oxygen atoms in total. The predicted molar refractivity (Wildman–Crippen MR) is 75.4 cm³/mol. The van der Waals surface area contributed by atoms with Crippen LogP contribution in [-0.4, -0.2) is 24.8 Å². The van der Waals surface area contributed by atoms with Crippen LogP contribution in [0.2, 0.25) is 0 Å². The van der Waals surface area contributed by atoms with Gasteiger partial charge in [-0.25, -0.2) is 4.99 Å². The van der Waals surface area contributed by atoms with E-state index in [1.54, 1.807) is 17.4 Å². The molecular formula is C14H13N3S. The van der Waals surface area contributed by atoms with Crippen LogP contribution in [0.4, 0.5) is 5.69 Å². The summed E-state index contributed by atoms with van der Waals surface area (Å²) in [6.07, 6.45) is 0. The third kappa shape index (κ3) is 2.58. The van der Waals surface area contributed by atoms with Crippen molar-refractivity contribution in [2.24, 2.45) is 4.99 Å². The van der Waals surface area contributed by atoms with Crippen LogP contribution in [0, 0.1) is 11.3 Å². The Bertz CT molecular complexity index is 592. The molecule has 0 bridgehead atoms. The molecule has 90 valence electrons. The predicted octanol–water partition coefficient (Wildman–Crippen LogP) is 3.26. The van der Waals surface area contributed by atoms with Crippen molar-refractivity contribution in [1.29, 1.82) is 5.26 Å². The van der Waals surface area contributed by atoms with Gasteiger partial charge in [0.25, 0.3) is 0 Å². The van der Waals surface area contributed by atoms with E-state index in [2.05, 4.69) is 11.1 Å². The van der Waals surface area contributed by atoms with Crippen molar-refractivity contribution in [2.45, 2.75) is 0 Å². The van der Waals surface area contributed by atoms with Gasteiger partial charge < -0.3 is 4.90 Å². The molecule has 1 aromatic heterocycles. The molecule has 1 heterocycles. The lowest BCUT2D eigenvalue weighted by molar-refractivity contribution is 0.625. The summed E-state index contributed by atoms with van der Waals surface area (Å²) in [5, 5.41) is 11.1. The van der Waals surface area contributed by atoms with Crippen molar-refractivity contribution in [1.82, 2.24) is 4.90 Å². The zero-order valence-electron chi connectivity index (χ0n) is 10.3. The van der Waals surface area contributed by atoms with E-state index >= 15 is 0 Å². The molecule has 18 heavy (non-hydrogen) atoms. The first-order valence-corrected chi connectivity index (χ1v) is 6.39. The first-order chi connectivity index (χ1) is 8.72. The SMILES string of the molecule is CN(C)C(=Nc1ccccc1C#N)c1cccs1. The molecule has 0 aliphatic rings. The Morgan fingerprint density at radius 1 is 1.22 bits per heavy atom. The van der Waals surface area contributed by atoms with Crippen molar-refractivity contribution in [3.63, 3.8) is 0 Å². The quantitative estimate of drug-likeness (QED) is 0.610. The molecular weight excluding hydrogens is 242 g/mol. The van der Waals surface area contributed by atoms with Gasteiger partial charge in [0, 0.05) is 14.1 Å². The van der Waals surface area contributed by atoms with E-state index in [0.717, 1.165) is 10.7 Å². The van der Waals surface area contributed by atoms with Gasteiger partial charge in [-0.15, -0.1) is 11.3 Å². The van der Waals surface area contributed by atoms with Gasteiger partial charge in [0.1, 0.15) is 11.9 Å². The lowest BCUT2D eigenvalue weighted by Gasteiger charge is -2.14. The largest absolute Gasteiger partial charge is 0.362 e. The second-order valence-electron chi connectivity index (χ2n) is 3.94. The zero-order valence-corrected chi connectivity index (χ0v) is 11.1. The zero-order chi connectivity index (χ0) is 13.0. The van der Waals surface area contributed by atoms with E-state index in [1.165, 1.54) is 0 Å². The molecule has 0 N–H and O–H groups in total. The maximum Gasteiger partial charge on any atom is 0.146 e. The number of benzene rings is 1. The second-order valence-corrected chi connectivity index (χ2v) is 4.88. The molecule has 0 atom stereocenters. The van der Waals surface area contributed by atoms with E-state index < -0.39 is 0 Å². The molecule has 2 rings (SSSR count). The highest BCUT2D eigenvalue weighted by molar-refractivity contribution is 7.12. The normalized spacial score (nSPS) is 11.1. The van der Waals surface area contributed by atoms with Gasteiger partial charge in [0.15, 0.2) is 0 Å². The number of nitriles is 1. The van der Waals surface area contributed by atoms with Crippen LogP contribution >= 0.6 is 11.3 Å². The minimum atomic E-state index is 0.591. The Morgan fingerprint density at radius 2 is 2.00 bits per heavy atom. The van der Waals surface area contributed by atoms with Crippen molar-refractivity contribution in [3.8, 4) is 6.07 Å². The fourth-order valence-corrected chi connectivity index (χ4v) is 2.36. The number of thiophene rings is 1. The van der Waals surface area contributed by atoms with Gasteiger partial charge in [-0.2, -0.15) is 5.26 Å². The lowest BCUT2D eigenvalue weighted by atomic mass is 10.2. The minimum Gasteiger partial charge on any atom is -0.362 e. The van der Waals surface area contributed by atoms with Gasteiger partial charge in [0.2, 0.25) is 0 Å². The molecule has 0 aliphatic carbocycles. The van der Waals surface area contributed by atoms with E-state index in [4.69, 9.17) is 5.26 Å². The smallest absolute Gasteiger partial charge is 0.146 e. The molecule has 1 aromatic carbocycles. The molecule has 4 heteroatoms. The van der Waals surface area contributed by atoms with Gasteiger partial charge in [-0.05, 0) is 23.6 Å². The fourth-order valence-electron chi connectivity index (χ4n) is 1.56. The van der Waals surface area contributed by atoms with Crippen molar-refractivity contribution in [3.05, 3.63) is 52.2 Å². The van der Waals surface area contributed by atoms with Gasteiger partial charge in [-0.3, -0.25) is 0 Å². The lowest BCUT2D eigenvalue weighted by Crippen LogP contribution is -2.21. The number of hydrogen-bond acceptors (Lipinski definition) is 3. The summed E-state index contributed by atoms with van der Waals surface area (Å²) in [5.41, 5.74) is 1.30. The summed E-state index contributed by atoms with van der Waals surface area (Å²) in [6.45, 7) is 0. The second kappa shape index (κ2) is 5.48. The topological polar surface area (TPSA) is 39.4 Å². The van der Waals surface area contributed by atoms with Gasteiger partial charge >= 0.3 is 0 Å². The molecule has 0 radical (unpaired) electrons. The molecule has 0 unspecified atom stereocenters. The van der Waals surface area contributed by atoms with Crippen molar-refractivity contribution < 1.29 is 0 Å². The molecule has 0 saturated carbocycles. The Kier molecular flexibility index (Phi) is 3.75. The molecule has 0 aliphatic heterocycles. The maximum atomic E-state index is 9.07. The summed E-state index contributed by atoms with van der Waals surface area (Å²) < 4.78 is 0. The summed E-state index contributed by atoms with van der Waals surface area (Å²) in [5.74, 6) is 0.868. The number of nitrogens with zero attached hydrogens (tertiary/aromatic N) is 3. The Balaban J connectivity index is 2.50. The Hall–Kier alpha value is -2.12. The first kappa shape index (κ1) is 12.3. The molecule has 0 amide bonds. The number of hydrogen-bond donors (Lipinski definition) is 0. The monoisotopic (exact) mass is 255 g/mol. The standard InChI is InChI=1S/C14H13N3S/c1-17(2)14(13-8-5-9-18-13)16-12-7-4-3-6-11(12)10-15/h3-9H,1-2H3. The average molecular weight is 255 g/mol. The van der Waals surface area contributed by atoms with Crippen LogP contribution in [0.1, 0.15) is 10.4 Å². The summed E-state index contributed by atoms with van der Waals surface area (Å²) in [4.78, 5) is 7.65. The van der Waals surface area contributed by atoms with Crippen LogP contribution in [0.15, 0.2) is 46.8 Å². The number of para-hydroxylation sites is 1. The highest BCUT2D eigenvalue weighted by Crippen LogP contribution is 2.21. The molecule has 0 fully saturated rings. The third-order valence-electron chi connectivity index (χ3n) is 2.42. The van der Waals surface area contributed by atoms with Gasteiger partial charge in [0.05, 0.1) is 16.1 Å². The van der Waals surface area contributed by atoms with Crippen LogP contribution < -0.4 is 0 Å². The van der Waals surface area contributed by atoms with Crippen molar-refractivity contribution >= 4 is 22.9 Å². The molecule has 0 saturated heterocycles. The van der Waals surface area contributed by atoms with Crippen LogP contribution in [0.25, 0.3) is 0 Å². The molecule has 0 spiro atoms. The van der Waals surface area contributed by atoms with E-state index in [1.807, 2.05) is 54.7 Å². The number of rotatable bonds is 2. The Morgan fingerprint density at radius 3 is 2.61 bits per heavy atom. The number of amidine groups is 1. The summed E-state index contributed by atoms with van der Waals surface area (Å²) in [7, 11) is 3.90. The Labute approximate surface area is 111 Å². The van der Waals surface area contributed by atoms with Gasteiger partial charge in [-0.1, -0.05) is 18.2 Å². The first-order valence-electron chi connectivity index (χ1n) is 5.51. The molecule has 2 aromatic rings. The van der Waals surface area contributed by atoms with Crippen LogP contribution in [0.5, 0.6) is 0 Å². The highest BCUT2D eigenvalue weighted by atomic mass is 32.1. The van der Waals surface area contributed by atoms with E-state index in [9.17, 15) is 0 Å². The summed E-state index contributed by atoms with van der Waals surface area (Å²) >= 11 is 1.64. The summed E-state index contributed by atoms with van der Waals surface area (Å²) in [6, 6.07) is 13.6. The van der Waals surface area contributed by atoms with E-state index in [0.29, 0.717) is 11.3 Å².